The molecule has 284 valence electrons. The number of hydrogen-bond donors (Lipinski definition) is 1. The summed E-state index contributed by atoms with van der Waals surface area (Å²) in [5, 5.41) is 2.87. The number of aromatic nitrogens is 2. The zero-order chi connectivity index (χ0) is 37.3. The molecule has 2 amide bonds. The van der Waals surface area contributed by atoms with Crippen LogP contribution in [-0.4, -0.2) is 79.3 Å². The average Bonchev–Trinajstić information content (AvgIpc) is 3.46. The van der Waals surface area contributed by atoms with Crippen LogP contribution in [0.25, 0.3) is 11.0 Å². The van der Waals surface area contributed by atoms with E-state index in [0.717, 1.165) is 16.5 Å². The van der Waals surface area contributed by atoms with Crippen molar-refractivity contribution in [3.63, 3.8) is 0 Å². The number of nitrogens with zero attached hydrogens (tertiary/aromatic N) is 3. The highest BCUT2D eigenvalue weighted by molar-refractivity contribution is 6.76. The lowest BCUT2D eigenvalue weighted by atomic mass is 9.72. The summed E-state index contributed by atoms with van der Waals surface area (Å²) in [5.74, 6) is -7.50. The third kappa shape index (κ3) is 8.46. The largest absolute Gasteiger partial charge is 0.445 e. The fourth-order valence-corrected chi connectivity index (χ4v) is 8.17. The number of benzene rings is 2. The Labute approximate surface area is 301 Å². The van der Waals surface area contributed by atoms with Crippen LogP contribution in [-0.2, 0) is 37.8 Å². The molecule has 15 heteroatoms. The van der Waals surface area contributed by atoms with E-state index in [1.807, 2.05) is 18.2 Å². The molecule has 1 saturated carbocycles. The van der Waals surface area contributed by atoms with Crippen molar-refractivity contribution < 1.29 is 45.8 Å². The molecule has 1 unspecified atom stereocenters. The van der Waals surface area contributed by atoms with E-state index in [2.05, 4.69) is 25.0 Å². The van der Waals surface area contributed by atoms with E-state index in [0.29, 0.717) is 12.1 Å². The van der Waals surface area contributed by atoms with Crippen LogP contribution >= 0.6 is 0 Å². The van der Waals surface area contributed by atoms with Crippen LogP contribution in [0.2, 0.25) is 25.7 Å². The molecular weight excluding hydrogens is 704 g/mol. The standard InChI is InChI=1S/C37H47F5N4O5Si/c1-52(2,3)20-19-50-24-46-28-10-9-27(35(15-17-49-18-16-35)33(47)45-22-37(41,42)23-45)29(38)31(28)43-32(46)30(26-11-13-36(39,40)14-12-26)44-34(48)51-21-25-7-5-4-6-8-25/h4-10,26,30H,11-24H2,1-3H3,(H,44,48). The number of rotatable bonds is 12. The van der Waals surface area contributed by atoms with Crippen molar-refractivity contribution in [2.45, 2.75) is 101 Å². The summed E-state index contributed by atoms with van der Waals surface area (Å²) in [7, 11) is -1.49. The van der Waals surface area contributed by atoms with Gasteiger partial charge in [-0.25, -0.2) is 31.7 Å². The first-order valence-corrected chi connectivity index (χ1v) is 21.7. The van der Waals surface area contributed by atoms with Gasteiger partial charge in [0.05, 0.1) is 30.1 Å². The fourth-order valence-electron chi connectivity index (χ4n) is 7.41. The molecule has 0 bridgehead atoms. The zero-order valence-corrected chi connectivity index (χ0v) is 30.9. The van der Waals surface area contributed by atoms with Crippen LogP contribution < -0.4 is 5.32 Å². The second kappa shape index (κ2) is 15.1. The lowest BCUT2D eigenvalue weighted by Gasteiger charge is -2.46. The van der Waals surface area contributed by atoms with Gasteiger partial charge >= 0.3 is 6.09 Å². The van der Waals surface area contributed by atoms with Gasteiger partial charge in [-0.3, -0.25) is 4.79 Å². The lowest BCUT2D eigenvalue weighted by Crippen LogP contribution is -2.63. The van der Waals surface area contributed by atoms with Crippen molar-refractivity contribution in [3.05, 3.63) is 65.2 Å². The third-order valence-electron chi connectivity index (χ3n) is 10.5. The van der Waals surface area contributed by atoms with Crippen LogP contribution in [0.15, 0.2) is 42.5 Å². The van der Waals surface area contributed by atoms with Gasteiger partial charge in [0.2, 0.25) is 11.8 Å². The minimum Gasteiger partial charge on any atom is -0.445 e. The number of imidazole rings is 1. The molecule has 1 aromatic heterocycles. The van der Waals surface area contributed by atoms with E-state index < -0.39 is 68.2 Å². The lowest BCUT2D eigenvalue weighted by molar-refractivity contribution is -0.174. The highest BCUT2D eigenvalue weighted by atomic mass is 28.3. The second-order valence-electron chi connectivity index (χ2n) is 15.6. The van der Waals surface area contributed by atoms with Crippen LogP contribution in [0.3, 0.4) is 0 Å². The maximum Gasteiger partial charge on any atom is 0.408 e. The Kier molecular flexibility index (Phi) is 11.0. The Hall–Kier alpha value is -3.56. The summed E-state index contributed by atoms with van der Waals surface area (Å²) in [6.45, 7) is 5.76. The Balaban J connectivity index is 1.40. The highest BCUT2D eigenvalue weighted by Gasteiger charge is 2.54. The number of ether oxygens (including phenoxy) is 3. The van der Waals surface area contributed by atoms with E-state index in [1.165, 1.54) is 6.07 Å². The first-order chi connectivity index (χ1) is 24.6. The molecule has 6 rings (SSSR count). The maximum atomic E-state index is 17.0. The fraction of sp³-hybridized carbons (Fsp3) is 0.595. The second-order valence-corrected chi connectivity index (χ2v) is 21.3. The van der Waals surface area contributed by atoms with Crippen LogP contribution in [0.5, 0.6) is 0 Å². The van der Waals surface area contributed by atoms with E-state index in [9.17, 15) is 27.2 Å². The van der Waals surface area contributed by atoms with Gasteiger partial charge in [-0.2, -0.15) is 0 Å². The first-order valence-electron chi connectivity index (χ1n) is 17.9. The van der Waals surface area contributed by atoms with Crippen molar-refractivity contribution in [1.82, 2.24) is 19.8 Å². The molecule has 3 aliphatic rings. The predicted molar refractivity (Wildman–Crippen MR) is 186 cm³/mol. The molecule has 3 fully saturated rings. The number of alkyl halides is 4. The van der Waals surface area contributed by atoms with Gasteiger partial charge in [0, 0.05) is 46.3 Å². The molecule has 2 aromatic carbocycles. The van der Waals surface area contributed by atoms with Crippen molar-refractivity contribution >= 4 is 31.1 Å². The van der Waals surface area contributed by atoms with Gasteiger partial charge in [0.25, 0.3) is 5.92 Å². The quantitative estimate of drug-likeness (QED) is 0.115. The smallest absolute Gasteiger partial charge is 0.408 e. The van der Waals surface area contributed by atoms with Crippen LogP contribution in [0, 0.1) is 11.7 Å². The third-order valence-corrected chi connectivity index (χ3v) is 12.2. The van der Waals surface area contributed by atoms with Gasteiger partial charge in [0.1, 0.15) is 24.7 Å². The molecule has 0 spiro atoms. The van der Waals surface area contributed by atoms with E-state index in [-0.39, 0.29) is 82.0 Å². The number of alkyl carbamates (subject to hydrolysis) is 1. The Morgan fingerprint density at radius 1 is 0.981 bits per heavy atom. The molecule has 1 N–H and O–H groups in total. The molecule has 3 aromatic rings. The van der Waals surface area contributed by atoms with E-state index in [4.69, 9.17) is 19.2 Å². The van der Waals surface area contributed by atoms with Crippen LogP contribution in [0.1, 0.15) is 61.5 Å². The van der Waals surface area contributed by atoms with Gasteiger partial charge in [-0.1, -0.05) is 56.0 Å². The Morgan fingerprint density at radius 2 is 1.65 bits per heavy atom. The zero-order valence-electron chi connectivity index (χ0n) is 29.9. The van der Waals surface area contributed by atoms with Gasteiger partial charge in [0.15, 0.2) is 5.82 Å². The molecular formula is C37H47F5N4O5Si. The number of carbonyl (C=O) groups is 2. The Bertz CT molecular complexity index is 1730. The minimum absolute atomic E-state index is 0.0287. The summed E-state index contributed by atoms with van der Waals surface area (Å²) in [5.41, 5.74) is -0.441. The minimum atomic E-state index is -3.00. The molecule has 9 nitrogen and oxygen atoms in total. The first kappa shape index (κ1) is 38.2. The molecule has 1 atom stereocenters. The summed E-state index contributed by atoms with van der Waals surface area (Å²) in [6.07, 6.45) is -1.23. The summed E-state index contributed by atoms with van der Waals surface area (Å²) < 4.78 is 92.4. The maximum absolute atomic E-state index is 17.0. The summed E-state index contributed by atoms with van der Waals surface area (Å²) >= 11 is 0. The van der Waals surface area contributed by atoms with Crippen molar-refractivity contribution in [1.29, 1.82) is 0 Å². The molecule has 2 saturated heterocycles. The number of nitrogens with one attached hydrogen (secondary N) is 1. The number of amides is 2. The number of hydrogen-bond acceptors (Lipinski definition) is 6. The predicted octanol–water partition coefficient (Wildman–Crippen LogP) is 7.81. The van der Waals surface area contributed by atoms with Crippen LogP contribution in [0.4, 0.5) is 26.7 Å². The van der Waals surface area contributed by atoms with E-state index in [1.54, 1.807) is 22.8 Å². The van der Waals surface area contributed by atoms with Gasteiger partial charge in [-0.05, 0) is 49.3 Å². The molecule has 0 radical (unpaired) electrons. The normalized spacial score (nSPS) is 20.7. The van der Waals surface area contributed by atoms with Crippen molar-refractivity contribution in [3.8, 4) is 0 Å². The number of carbonyl (C=O) groups excluding carboxylic acids is 2. The number of likely N-dealkylation sites (tertiary alicyclic amines) is 1. The van der Waals surface area contributed by atoms with Gasteiger partial charge in [-0.15, -0.1) is 0 Å². The SMILES string of the molecule is C[Si](C)(C)CCOCn1c(C(NC(=O)OCc2ccccc2)C2CCC(F)(F)CC2)nc2c(F)c(C3(C(=O)N4CC(F)(F)C4)CCOCC3)ccc21. The topological polar surface area (TPSA) is 94.9 Å². The molecule has 3 heterocycles. The highest BCUT2D eigenvalue weighted by Crippen LogP contribution is 2.45. The van der Waals surface area contributed by atoms with Crippen molar-refractivity contribution in [2.75, 3.05) is 32.9 Å². The average molecular weight is 751 g/mol. The molecule has 52 heavy (non-hydrogen) atoms. The molecule has 1 aliphatic carbocycles. The molecule has 2 aliphatic heterocycles. The summed E-state index contributed by atoms with van der Waals surface area (Å²) in [4.78, 5) is 33.0. The number of halogens is 5. The van der Waals surface area contributed by atoms with E-state index >= 15 is 4.39 Å². The van der Waals surface area contributed by atoms with Crippen molar-refractivity contribution in [2.24, 2.45) is 5.92 Å². The number of fused-ring (bicyclic) bond motifs is 1. The van der Waals surface area contributed by atoms with Gasteiger partial charge < -0.3 is 29.0 Å². The summed E-state index contributed by atoms with van der Waals surface area (Å²) in [6, 6.07) is 12.1. The monoisotopic (exact) mass is 750 g/mol. The Morgan fingerprint density at radius 3 is 2.29 bits per heavy atom.